The number of ether oxygens (including phenoxy) is 1. The molecule has 0 bridgehead atoms. The van der Waals surface area contributed by atoms with E-state index in [1.807, 2.05) is 26.0 Å². The first-order valence-electron chi connectivity index (χ1n) is 9.40. The molecule has 0 saturated carbocycles. The lowest BCUT2D eigenvalue weighted by Gasteiger charge is -2.35. The van der Waals surface area contributed by atoms with Crippen LogP contribution in [0.25, 0.3) is 0 Å². The zero-order valence-electron chi connectivity index (χ0n) is 16.5. The highest BCUT2D eigenvalue weighted by atomic mass is 16.5. The van der Waals surface area contributed by atoms with Crippen molar-refractivity contribution in [2.24, 2.45) is 0 Å². The number of hydrogen-bond donors (Lipinski definition) is 1. The Morgan fingerprint density at radius 3 is 2.48 bits per heavy atom. The monoisotopic (exact) mass is 368 g/mol. The van der Waals surface area contributed by atoms with Crippen LogP contribution in [0.3, 0.4) is 0 Å². The molecule has 2 heterocycles. The van der Waals surface area contributed by atoms with Crippen molar-refractivity contribution in [3.63, 3.8) is 0 Å². The first-order chi connectivity index (χ1) is 12.9. The van der Waals surface area contributed by atoms with Gasteiger partial charge < -0.3 is 19.9 Å². The molecule has 1 aromatic heterocycles. The highest BCUT2D eigenvalue weighted by Crippen LogP contribution is 2.25. The van der Waals surface area contributed by atoms with Gasteiger partial charge in [0.25, 0.3) is 5.91 Å². The molecule has 3 rings (SSSR count). The summed E-state index contributed by atoms with van der Waals surface area (Å²) in [6.45, 7) is 10.2. The van der Waals surface area contributed by atoms with Crippen LogP contribution in [0.2, 0.25) is 0 Å². The van der Waals surface area contributed by atoms with Crippen molar-refractivity contribution in [2.75, 3.05) is 43.4 Å². The van der Waals surface area contributed by atoms with Crippen LogP contribution in [0.4, 0.5) is 11.4 Å². The van der Waals surface area contributed by atoms with Crippen molar-refractivity contribution in [3.8, 4) is 5.88 Å². The van der Waals surface area contributed by atoms with Crippen molar-refractivity contribution in [1.82, 2.24) is 9.88 Å². The van der Waals surface area contributed by atoms with Gasteiger partial charge in [0.15, 0.2) is 0 Å². The molecule has 27 heavy (non-hydrogen) atoms. The number of likely N-dealkylation sites (N-methyl/N-ethyl adjacent to an activating group) is 1. The molecule has 1 N–H and O–H groups in total. The molecular weight excluding hydrogens is 340 g/mol. The molecule has 2 aromatic rings. The maximum Gasteiger partial charge on any atom is 0.257 e. The zero-order valence-corrected chi connectivity index (χ0v) is 16.5. The second-order valence-corrected chi connectivity index (χ2v) is 7.30. The third kappa shape index (κ3) is 4.98. The SMILES string of the molecule is Cc1cc(NC(=O)c2ccc(OC(C)C)nc2)ccc1N1CCN(C)CC1. The molecule has 0 unspecified atom stereocenters. The Labute approximate surface area is 161 Å². The van der Waals surface area contributed by atoms with E-state index in [1.54, 1.807) is 18.3 Å². The van der Waals surface area contributed by atoms with Crippen molar-refractivity contribution >= 4 is 17.3 Å². The highest BCUT2D eigenvalue weighted by molar-refractivity contribution is 6.04. The Balaban J connectivity index is 1.65. The summed E-state index contributed by atoms with van der Waals surface area (Å²) in [5.74, 6) is 0.347. The number of piperazine rings is 1. The van der Waals surface area contributed by atoms with Crippen LogP contribution in [0.1, 0.15) is 29.8 Å². The van der Waals surface area contributed by atoms with Gasteiger partial charge in [-0.1, -0.05) is 0 Å². The van der Waals surface area contributed by atoms with E-state index in [9.17, 15) is 4.79 Å². The largest absolute Gasteiger partial charge is 0.475 e. The summed E-state index contributed by atoms with van der Waals surface area (Å²) < 4.78 is 5.51. The van der Waals surface area contributed by atoms with Crippen LogP contribution in [-0.2, 0) is 0 Å². The van der Waals surface area contributed by atoms with Crippen LogP contribution in [0.15, 0.2) is 36.5 Å². The number of nitrogens with zero attached hydrogens (tertiary/aromatic N) is 3. The maximum absolute atomic E-state index is 12.5. The molecule has 6 heteroatoms. The summed E-state index contributed by atoms with van der Waals surface area (Å²) in [5.41, 5.74) is 3.69. The van der Waals surface area contributed by atoms with Gasteiger partial charge in [-0.15, -0.1) is 0 Å². The highest BCUT2D eigenvalue weighted by Gasteiger charge is 2.16. The average molecular weight is 368 g/mol. The first-order valence-corrected chi connectivity index (χ1v) is 9.40. The fraction of sp³-hybridized carbons (Fsp3) is 0.429. The van der Waals surface area contributed by atoms with Gasteiger partial charge in [-0.25, -0.2) is 4.98 Å². The van der Waals surface area contributed by atoms with Crippen LogP contribution in [0, 0.1) is 6.92 Å². The van der Waals surface area contributed by atoms with E-state index in [2.05, 4.69) is 40.1 Å². The molecule has 0 radical (unpaired) electrons. The molecule has 1 fully saturated rings. The molecule has 1 aliphatic heterocycles. The van der Waals surface area contributed by atoms with Gasteiger partial charge in [0.1, 0.15) is 0 Å². The number of aromatic nitrogens is 1. The van der Waals surface area contributed by atoms with Gasteiger partial charge in [0, 0.05) is 49.8 Å². The molecule has 0 aliphatic carbocycles. The lowest BCUT2D eigenvalue weighted by atomic mass is 10.1. The summed E-state index contributed by atoms with van der Waals surface area (Å²) in [5, 5.41) is 2.95. The maximum atomic E-state index is 12.5. The van der Waals surface area contributed by atoms with Gasteiger partial charge in [0.2, 0.25) is 5.88 Å². The minimum Gasteiger partial charge on any atom is -0.475 e. The standard InChI is InChI=1S/C21H28N4O2/c1-15(2)27-20-8-5-17(14-22-20)21(26)23-18-6-7-19(16(3)13-18)25-11-9-24(4)10-12-25/h5-8,13-15H,9-12H2,1-4H3,(H,23,26). The molecule has 1 amide bonds. The first kappa shape index (κ1) is 19.2. The van der Waals surface area contributed by atoms with E-state index in [4.69, 9.17) is 4.74 Å². The second-order valence-electron chi connectivity index (χ2n) is 7.30. The number of nitrogens with one attached hydrogen (secondary N) is 1. The number of aryl methyl sites for hydroxylation is 1. The average Bonchev–Trinajstić information content (AvgIpc) is 2.63. The lowest BCUT2D eigenvalue weighted by Crippen LogP contribution is -2.44. The number of benzene rings is 1. The predicted octanol–water partition coefficient (Wildman–Crippen LogP) is 3.18. The van der Waals surface area contributed by atoms with Crippen molar-refractivity contribution < 1.29 is 9.53 Å². The fourth-order valence-corrected chi connectivity index (χ4v) is 3.16. The third-order valence-electron chi connectivity index (χ3n) is 4.65. The van der Waals surface area contributed by atoms with Crippen molar-refractivity contribution in [3.05, 3.63) is 47.7 Å². The summed E-state index contributed by atoms with van der Waals surface area (Å²) >= 11 is 0. The molecule has 144 valence electrons. The van der Waals surface area contributed by atoms with Gasteiger partial charge in [0.05, 0.1) is 11.7 Å². The summed E-state index contributed by atoms with van der Waals surface area (Å²) in [7, 11) is 2.15. The number of carbonyl (C=O) groups is 1. The van der Waals surface area contributed by atoms with E-state index in [0.29, 0.717) is 11.4 Å². The van der Waals surface area contributed by atoms with E-state index in [0.717, 1.165) is 37.4 Å². The van der Waals surface area contributed by atoms with E-state index < -0.39 is 0 Å². The molecule has 1 saturated heterocycles. The number of anilines is 2. The normalized spacial score (nSPS) is 15.1. The number of pyridine rings is 1. The van der Waals surface area contributed by atoms with Crippen molar-refractivity contribution in [2.45, 2.75) is 26.9 Å². The summed E-state index contributed by atoms with van der Waals surface area (Å²) in [6, 6.07) is 9.52. The smallest absolute Gasteiger partial charge is 0.257 e. The number of carbonyl (C=O) groups excluding carboxylic acids is 1. The van der Waals surface area contributed by atoms with Gasteiger partial charge in [-0.05, 0) is 57.6 Å². The quantitative estimate of drug-likeness (QED) is 0.878. The van der Waals surface area contributed by atoms with Crippen LogP contribution < -0.4 is 15.0 Å². The fourth-order valence-electron chi connectivity index (χ4n) is 3.16. The molecule has 0 atom stereocenters. The molecule has 6 nitrogen and oxygen atoms in total. The lowest BCUT2D eigenvalue weighted by molar-refractivity contribution is 0.102. The van der Waals surface area contributed by atoms with Crippen LogP contribution in [0.5, 0.6) is 5.88 Å². The number of hydrogen-bond acceptors (Lipinski definition) is 5. The van der Waals surface area contributed by atoms with Crippen LogP contribution in [-0.4, -0.2) is 55.1 Å². The molecule has 1 aromatic carbocycles. The minimum absolute atomic E-state index is 0.0546. The summed E-state index contributed by atoms with van der Waals surface area (Å²) in [6.07, 6.45) is 1.59. The van der Waals surface area contributed by atoms with E-state index in [-0.39, 0.29) is 12.0 Å². The van der Waals surface area contributed by atoms with Gasteiger partial charge in [-0.3, -0.25) is 4.79 Å². The predicted molar refractivity (Wildman–Crippen MR) is 109 cm³/mol. The van der Waals surface area contributed by atoms with Gasteiger partial charge >= 0.3 is 0 Å². The van der Waals surface area contributed by atoms with Crippen LogP contribution >= 0.6 is 0 Å². The minimum atomic E-state index is -0.176. The molecule has 1 aliphatic rings. The Bertz CT molecular complexity index is 781. The van der Waals surface area contributed by atoms with E-state index in [1.165, 1.54) is 5.69 Å². The molecular formula is C21H28N4O2. The third-order valence-corrected chi connectivity index (χ3v) is 4.65. The Hall–Kier alpha value is -2.60. The zero-order chi connectivity index (χ0) is 19.4. The summed E-state index contributed by atoms with van der Waals surface area (Å²) in [4.78, 5) is 21.4. The van der Waals surface area contributed by atoms with E-state index >= 15 is 0 Å². The Morgan fingerprint density at radius 1 is 1.15 bits per heavy atom. The van der Waals surface area contributed by atoms with Gasteiger partial charge in [-0.2, -0.15) is 0 Å². The Morgan fingerprint density at radius 2 is 1.89 bits per heavy atom. The molecule has 0 spiro atoms. The van der Waals surface area contributed by atoms with Crippen molar-refractivity contribution in [1.29, 1.82) is 0 Å². The topological polar surface area (TPSA) is 57.7 Å². The Kier molecular flexibility index (Phi) is 5.96. The number of rotatable bonds is 5. The second kappa shape index (κ2) is 8.39. The number of amides is 1.